The van der Waals surface area contributed by atoms with Crippen molar-refractivity contribution in [2.24, 2.45) is 0 Å². The standard InChI is InChI=1S/C13H9FN2O2S/c14-9-5-8-10(16-13(18)12(8)17)6-11(9)19-7-1-3-15-4-2-7/h1-6,12,17H,(H,16,18). The number of anilines is 1. The fraction of sp³-hybridized carbons (Fsp3) is 0.0769. The molecule has 1 amide bonds. The van der Waals surface area contributed by atoms with Crippen LogP contribution in [-0.2, 0) is 4.79 Å². The van der Waals surface area contributed by atoms with E-state index in [-0.39, 0.29) is 5.56 Å². The molecule has 1 atom stereocenters. The molecule has 3 rings (SSSR count). The molecule has 0 fully saturated rings. The van der Waals surface area contributed by atoms with Crippen molar-refractivity contribution in [3.05, 3.63) is 48.0 Å². The maximum atomic E-state index is 13.9. The molecule has 1 aromatic carbocycles. The Hall–Kier alpha value is -1.92. The fourth-order valence-electron chi connectivity index (χ4n) is 1.86. The lowest BCUT2D eigenvalue weighted by Gasteiger charge is -2.06. The van der Waals surface area contributed by atoms with Gasteiger partial charge in [-0.3, -0.25) is 9.78 Å². The summed E-state index contributed by atoms with van der Waals surface area (Å²) in [7, 11) is 0. The molecule has 19 heavy (non-hydrogen) atoms. The molecule has 1 unspecified atom stereocenters. The van der Waals surface area contributed by atoms with E-state index in [1.807, 2.05) is 0 Å². The summed E-state index contributed by atoms with van der Waals surface area (Å²) >= 11 is 1.23. The Morgan fingerprint density at radius 3 is 2.79 bits per heavy atom. The summed E-state index contributed by atoms with van der Waals surface area (Å²) in [5.74, 6) is -0.989. The Balaban J connectivity index is 1.97. The van der Waals surface area contributed by atoms with Crippen LogP contribution in [0, 0.1) is 5.82 Å². The van der Waals surface area contributed by atoms with Crippen molar-refractivity contribution >= 4 is 23.4 Å². The van der Waals surface area contributed by atoms with E-state index in [4.69, 9.17) is 0 Å². The molecule has 0 radical (unpaired) electrons. The van der Waals surface area contributed by atoms with Crippen molar-refractivity contribution in [2.45, 2.75) is 15.9 Å². The van der Waals surface area contributed by atoms with Crippen LogP contribution in [0.3, 0.4) is 0 Å². The Morgan fingerprint density at radius 2 is 2.05 bits per heavy atom. The molecule has 2 aromatic rings. The van der Waals surface area contributed by atoms with E-state index in [2.05, 4.69) is 10.3 Å². The van der Waals surface area contributed by atoms with Gasteiger partial charge in [0.15, 0.2) is 6.10 Å². The number of nitrogens with one attached hydrogen (secondary N) is 1. The van der Waals surface area contributed by atoms with Crippen LogP contribution in [0.5, 0.6) is 0 Å². The number of aliphatic hydroxyl groups is 1. The van der Waals surface area contributed by atoms with E-state index in [9.17, 15) is 14.3 Å². The highest BCUT2D eigenvalue weighted by atomic mass is 32.2. The summed E-state index contributed by atoms with van der Waals surface area (Å²) in [6, 6.07) is 6.26. The second-order valence-electron chi connectivity index (χ2n) is 4.05. The minimum absolute atomic E-state index is 0.279. The van der Waals surface area contributed by atoms with E-state index >= 15 is 0 Å². The lowest BCUT2D eigenvalue weighted by atomic mass is 10.1. The zero-order chi connectivity index (χ0) is 13.4. The zero-order valence-corrected chi connectivity index (χ0v) is 10.4. The smallest absolute Gasteiger partial charge is 0.257 e. The van der Waals surface area contributed by atoms with Crippen molar-refractivity contribution < 1.29 is 14.3 Å². The average Bonchev–Trinajstić information content (AvgIpc) is 2.67. The highest BCUT2D eigenvalue weighted by molar-refractivity contribution is 7.99. The SMILES string of the molecule is O=C1Nc2cc(Sc3ccncc3)c(F)cc2C1O. The number of aliphatic hydroxyl groups excluding tert-OH is 1. The van der Waals surface area contributed by atoms with E-state index < -0.39 is 17.8 Å². The number of amides is 1. The Morgan fingerprint density at radius 1 is 1.32 bits per heavy atom. The van der Waals surface area contributed by atoms with Gasteiger partial charge in [-0.15, -0.1) is 0 Å². The lowest BCUT2D eigenvalue weighted by Crippen LogP contribution is -2.10. The molecule has 0 spiro atoms. The van der Waals surface area contributed by atoms with Crippen molar-refractivity contribution in [3.63, 3.8) is 0 Å². The number of nitrogens with zero attached hydrogens (tertiary/aromatic N) is 1. The van der Waals surface area contributed by atoms with Gasteiger partial charge in [-0.05, 0) is 24.3 Å². The number of benzene rings is 1. The molecule has 0 aliphatic carbocycles. The van der Waals surface area contributed by atoms with Gasteiger partial charge in [0.1, 0.15) is 5.82 Å². The van der Waals surface area contributed by atoms with Crippen LogP contribution in [0.4, 0.5) is 10.1 Å². The fourth-order valence-corrected chi connectivity index (χ4v) is 2.70. The van der Waals surface area contributed by atoms with Crippen molar-refractivity contribution in [1.82, 2.24) is 4.98 Å². The number of fused-ring (bicyclic) bond motifs is 1. The minimum Gasteiger partial charge on any atom is -0.378 e. The first-order valence-corrected chi connectivity index (χ1v) is 6.37. The number of carbonyl (C=O) groups excluding carboxylic acids is 1. The van der Waals surface area contributed by atoms with Gasteiger partial charge in [0, 0.05) is 28.5 Å². The number of rotatable bonds is 2. The van der Waals surface area contributed by atoms with Crippen molar-refractivity contribution in [1.29, 1.82) is 0 Å². The van der Waals surface area contributed by atoms with Gasteiger partial charge in [0.2, 0.25) is 0 Å². The van der Waals surface area contributed by atoms with E-state index in [1.54, 1.807) is 24.5 Å². The summed E-state index contributed by atoms with van der Waals surface area (Å²) in [5, 5.41) is 12.1. The largest absolute Gasteiger partial charge is 0.378 e. The third-order valence-corrected chi connectivity index (χ3v) is 3.82. The maximum absolute atomic E-state index is 13.9. The highest BCUT2D eigenvalue weighted by Crippen LogP contribution is 2.38. The second kappa shape index (κ2) is 4.64. The number of aromatic nitrogens is 1. The molecule has 2 N–H and O–H groups in total. The van der Waals surface area contributed by atoms with Crippen LogP contribution in [0.2, 0.25) is 0 Å². The number of halogens is 1. The summed E-state index contributed by atoms with van der Waals surface area (Å²) in [5.41, 5.74) is 0.733. The molecule has 1 aliphatic rings. The van der Waals surface area contributed by atoms with Gasteiger partial charge in [0.05, 0.1) is 4.90 Å². The number of pyridine rings is 1. The van der Waals surface area contributed by atoms with Crippen molar-refractivity contribution in [2.75, 3.05) is 5.32 Å². The predicted molar refractivity (Wildman–Crippen MR) is 68.3 cm³/mol. The highest BCUT2D eigenvalue weighted by Gasteiger charge is 2.29. The number of hydrogen-bond donors (Lipinski definition) is 2. The van der Waals surface area contributed by atoms with Crippen LogP contribution >= 0.6 is 11.8 Å². The van der Waals surface area contributed by atoms with Crippen LogP contribution in [0.1, 0.15) is 11.7 Å². The Labute approximate surface area is 112 Å². The Kier molecular flexibility index (Phi) is 2.96. The van der Waals surface area contributed by atoms with Crippen LogP contribution in [0.15, 0.2) is 46.5 Å². The maximum Gasteiger partial charge on any atom is 0.257 e. The van der Waals surface area contributed by atoms with Gasteiger partial charge in [-0.25, -0.2) is 4.39 Å². The summed E-state index contributed by atoms with van der Waals surface area (Å²) in [6.07, 6.45) is 1.96. The topological polar surface area (TPSA) is 62.2 Å². The summed E-state index contributed by atoms with van der Waals surface area (Å²) in [6.45, 7) is 0. The molecule has 4 nitrogen and oxygen atoms in total. The van der Waals surface area contributed by atoms with Crippen molar-refractivity contribution in [3.8, 4) is 0 Å². The molecule has 1 aliphatic heterocycles. The molecule has 6 heteroatoms. The minimum atomic E-state index is -1.29. The molecule has 1 aromatic heterocycles. The van der Waals surface area contributed by atoms with Gasteiger partial charge in [0.25, 0.3) is 5.91 Å². The molecule has 0 saturated carbocycles. The second-order valence-corrected chi connectivity index (χ2v) is 5.16. The predicted octanol–water partition coefficient (Wildman–Crippen LogP) is 2.36. The quantitative estimate of drug-likeness (QED) is 0.884. The van der Waals surface area contributed by atoms with Gasteiger partial charge >= 0.3 is 0 Å². The first kappa shape index (κ1) is 12.1. The van der Waals surface area contributed by atoms with E-state index in [0.717, 1.165) is 4.90 Å². The molecular weight excluding hydrogens is 267 g/mol. The Bertz CT molecular complexity index is 649. The molecule has 0 bridgehead atoms. The molecular formula is C13H9FN2O2S. The number of hydrogen-bond acceptors (Lipinski definition) is 4. The molecule has 0 saturated heterocycles. The zero-order valence-electron chi connectivity index (χ0n) is 9.63. The molecule has 2 heterocycles. The third-order valence-electron chi connectivity index (χ3n) is 2.78. The normalized spacial score (nSPS) is 17.2. The van der Waals surface area contributed by atoms with Gasteiger partial charge in [-0.2, -0.15) is 0 Å². The van der Waals surface area contributed by atoms with Gasteiger partial charge in [-0.1, -0.05) is 11.8 Å². The average molecular weight is 276 g/mol. The first-order valence-electron chi connectivity index (χ1n) is 5.55. The number of carbonyl (C=O) groups is 1. The van der Waals surface area contributed by atoms with E-state index in [0.29, 0.717) is 10.6 Å². The van der Waals surface area contributed by atoms with Crippen LogP contribution in [0.25, 0.3) is 0 Å². The van der Waals surface area contributed by atoms with Crippen LogP contribution < -0.4 is 5.32 Å². The third kappa shape index (κ3) is 2.20. The molecule has 96 valence electrons. The first-order chi connectivity index (χ1) is 9.15. The summed E-state index contributed by atoms with van der Waals surface area (Å²) < 4.78 is 13.9. The van der Waals surface area contributed by atoms with E-state index in [1.165, 1.54) is 23.9 Å². The lowest BCUT2D eigenvalue weighted by molar-refractivity contribution is -0.123. The van der Waals surface area contributed by atoms with Crippen LogP contribution in [-0.4, -0.2) is 16.0 Å². The van der Waals surface area contributed by atoms with Gasteiger partial charge < -0.3 is 10.4 Å². The summed E-state index contributed by atoms with van der Waals surface area (Å²) in [4.78, 5) is 16.4. The monoisotopic (exact) mass is 276 g/mol.